The zero-order valence-electron chi connectivity index (χ0n) is 14.8. The van der Waals surface area contributed by atoms with Crippen molar-refractivity contribution in [3.63, 3.8) is 0 Å². The van der Waals surface area contributed by atoms with Crippen molar-refractivity contribution >= 4 is 29.3 Å². The molecule has 2 aromatic rings. The number of nitrogens with one attached hydrogen (secondary N) is 1. The van der Waals surface area contributed by atoms with Crippen molar-refractivity contribution in [3.05, 3.63) is 59.7 Å². The molecule has 4 nitrogen and oxygen atoms in total. The summed E-state index contributed by atoms with van der Waals surface area (Å²) in [6.45, 7) is 2.14. The van der Waals surface area contributed by atoms with Crippen molar-refractivity contribution in [3.8, 4) is 0 Å². The minimum Gasteiger partial charge on any atom is -0.347 e. The van der Waals surface area contributed by atoms with Crippen molar-refractivity contribution in [1.29, 1.82) is 0 Å². The zero-order valence-corrected chi connectivity index (χ0v) is 15.6. The summed E-state index contributed by atoms with van der Waals surface area (Å²) < 4.78 is 0. The number of benzene rings is 2. The first kappa shape index (κ1) is 17.2. The molecule has 5 heteroatoms. The largest absolute Gasteiger partial charge is 0.347 e. The number of carbonyl (C=O) groups is 2. The number of aryl methyl sites for hydroxylation is 1. The van der Waals surface area contributed by atoms with Gasteiger partial charge in [0.05, 0.1) is 17.5 Å². The maximum Gasteiger partial charge on any atom is 0.240 e. The van der Waals surface area contributed by atoms with E-state index in [4.69, 9.17) is 0 Å². The van der Waals surface area contributed by atoms with Crippen molar-refractivity contribution in [2.75, 3.05) is 17.2 Å². The minimum atomic E-state index is -0.0995. The van der Waals surface area contributed by atoms with Crippen molar-refractivity contribution in [2.45, 2.75) is 30.7 Å². The Hall–Kier alpha value is -2.27. The number of amides is 2. The van der Waals surface area contributed by atoms with Crippen LogP contribution in [0.3, 0.4) is 0 Å². The second-order valence-electron chi connectivity index (χ2n) is 7.03. The molecule has 1 aliphatic heterocycles. The Morgan fingerprint density at radius 1 is 1.19 bits per heavy atom. The predicted octanol–water partition coefficient (Wildman–Crippen LogP) is 3.70. The standard InChI is InChI=1S/C21H22N2O2S/c1-14-6-8-15(9-7-14)21(16-10-11-16)22-19(24)12-23-17-4-2-3-5-18(17)26-13-20(23)25/h2-9,16,21H,10-13H2,1H3,(H,22,24). The molecule has 0 saturated heterocycles. The number of para-hydroxylation sites is 1. The van der Waals surface area contributed by atoms with Gasteiger partial charge in [0.1, 0.15) is 6.54 Å². The molecule has 1 N–H and O–H groups in total. The Labute approximate surface area is 158 Å². The Morgan fingerprint density at radius 2 is 1.92 bits per heavy atom. The fourth-order valence-electron chi connectivity index (χ4n) is 3.37. The highest BCUT2D eigenvalue weighted by Crippen LogP contribution is 2.41. The van der Waals surface area contributed by atoms with Crippen LogP contribution in [0.4, 0.5) is 5.69 Å². The topological polar surface area (TPSA) is 49.4 Å². The summed E-state index contributed by atoms with van der Waals surface area (Å²) in [5, 5.41) is 3.17. The summed E-state index contributed by atoms with van der Waals surface area (Å²) >= 11 is 1.53. The van der Waals surface area contributed by atoms with Gasteiger partial charge < -0.3 is 10.2 Å². The van der Waals surface area contributed by atoms with E-state index < -0.39 is 0 Å². The monoisotopic (exact) mass is 366 g/mol. The lowest BCUT2D eigenvalue weighted by Gasteiger charge is -2.29. The normalized spacial score (nSPS) is 17.6. The molecule has 2 amide bonds. The van der Waals surface area contributed by atoms with Crippen molar-refractivity contribution < 1.29 is 9.59 Å². The van der Waals surface area contributed by atoms with E-state index in [1.54, 1.807) is 4.90 Å². The lowest BCUT2D eigenvalue weighted by Crippen LogP contribution is -2.44. The quantitative estimate of drug-likeness (QED) is 0.878. The number of rotatable bonds is 5. The third-order valence-corrected chi connectivity index (χ3v) is 6.00. The van der Waals surface area contributed by atoms with Gasteiger partial charge in [0.15, 0.2) is 0 Å². The highest BCUT2D eigenvalue weighted by atomic mass is 32.2. The van der Waals surface area contributed by atoms with Gasteiger partial charge in [-0.05, 0) is 43.4 Å². The van der Waals surface area contributed by atoms with E-state index in [0.29, 0.717) is 11.7 Å². The Kier molecular flexibility index (Phi) is 4.72. The molecule has 1 aliphatic carbocycles. The van der Waals surface area contributed by atoms with E-state index in [9.17, 15) is 9.59 Å². The number of anilines is 1. The van der Waals surface area contributed by atoms with Crippen LogP contribution in [-0.2, 0) is 9.59 Å². The average Bonchev–Trinajstić information content (AvgIpc) is 3.48. The van der Waals surface area contributed by atoms with Crippen LogP contribution in [0.2, 0.25) is 0 Å². The molecule has 2 aromatic carbocycles. The van der Waals surface area contributed by atoms with Gasteiger partial charge in [-0.25, -0.2) is 0 Å². The van der Waals surface area contributed by atoms with Gasteiger partial charge in [-0.3, -0.25) is 9.59 Å². The molecule has 4 rings (SSSR count). The summed E-state index contributed by atoms with van der Waals surface area (Å²) in [5.74, 6) is 0.773. The summed E-state index contributed by atoms with van der Waals surface area (Å²) in [6.07, 6.45) is 2.28. The summed E-state index contributed by atoms with van der Waals surface area (Å²) in [7, 11) is 0. The van der Waals surface area contributed by atoms with Crippen LogP contribution < -0.4 is 10.2 Å². The molecule has 0 spiro atoms. The molecule has 1 fully saturated rings. The SMILES string of the molecule is Cc1ccc(C(NC(=O)CN2C(=O)CSc3ccccc32)C2CC2)cc1. The number of fused-ring (bicyclic) bond motifs is 1. The van der Waals surface area contributed by atoms with E-state index >= 15 is 0 Å². The number of thioether (sulfide) groups is 1. The molecule has 0 bridgehead atoms. The fraction of sp³-hybridized carbons (Fsp3) is 0.333. The van der Waals surface area contributed by atoms with Crippen molar-refractivity contribution in [1.82, 2.24) is 5.32 Å². The van der Waals surface area contributed by atoms with Crippen molar-refractivity contribution in [2.24, 2.45) is 5.92 Å². The molecule has 1 unspecified atom stereocenters. The smallest absolute Gasteiger partial charge is 0.240 e. The van der Waals surface area contributed by atoms with E-state index in [-0.39, 0.29) is 24.4 Å². The zero-order chi connectivity index (χ0) is 18.1. The highest BCUT2D eigenvalue weighted by molar-refractivity contribution is 8.00. The van der Waals surface area contributed by atoms with Crippen LogP contribution in [0.1, 0.15) is 30.0 Å². The van der Waals surface area contributed by atoms with Gasteiger partial charge in [-0.1, -0.05) is 42.0 Å². The second kappa shape index (κ2) is 7.16. The van der Waals surface area contributed by atoms with Gasteiger partial charge in [0.25, 0.3) is 0 Å². The molecular weight excluding hydrogens is 344 g/mol. The van der Waals surface area contributed by atoms with E-state index in [1.165, 1.54) is 17.3 Å². The molecule has 0 radical (unpaired) electrons. The number of hydrogen-bond donors (Lipinski definition) is 1. The van der Waals surface area contributed by atoms with Crippen LogP contribution in [0.25, 0.3) is 0 Å². The third-order valence-electron chi connectivity index (χ3n) is 4.96. The van der Waals surface area contributed by atoms with E-state index in [1.807, 2.05) is 24.3 Å². The fourth-order valence-corrected chi connectivity index (χ4v) is 4.30. The van der Waals surface area contributed by atoms with E-state index in [2.05, 4.69) is 36.5 Å². The van der Waals surface area contributed by atoms with Crippen LogP contribution >= 0.6 is 11.8 Å². The second-order valence-corrected chi connectivity index (χ2v) is 8.05. The van der Waals surface area contributed by atoms with Gasteiger partial charge >= 0.3 is 0 Å². The molecule has 1 heterocycles. The Bertz CT molecular complexity index is 830. The molecular formula is C21H22N2O2S. The molecule has 134 valence electrons. The first-order valence-corrected chi connectivity index (χ1v) is 9.98. The molecule has 26 heavy (non-hydrogen) atoms. The van der Waals surface area contributed by atoms with Crippen LogP contribution in [0.5, 0.6) is 0 Å². The van der Waals surface area contributed by atoms with Crippen LogP contribution in [0, 0.1) is 12.8 Å². The first-order chi connectivity index (χ1) is 12.6. The first-order valence-electron chi connectivity index (χ1n) is 9.00. The third kappa shape index (κ3) is 3.63. The lowest BCUT2D eigenvalue weighted by molar-refractivity contribution is -0.123. The highest BCUT2D eigenvalue weighted by Gasteiger charge is 2.34. The predicted molar refractivity (Wildman–Crippen MR) is 104 cm³/mol. The lowest BCUT2D eigenvalue weighted by atomic mass is 10.0. The molecule has 1 atom stereocenters. The Balaban J connectivity index is 1.49. The van der Waals surface area contributed by atoms with E-state index in [0.717, 1.165) is 29.0 Å². The number of nitrogens with zero attached hydrogens (tertiary/aromatic N) is 1. The summed E-state index contributed by atoms with van der Waals surface area (Å²) in [4.78, 5) is 27.8. The van der Waals surface area contributed by atoms with Gasteiger partial charge in [0.2, 0.25) is 11.8 Å². The minimum absolute atomic E-state index is 0.0119. The number of carbonyl (C=O) groups excluding carboxylic acids is 2. The van der Waals surface area contributed by atoms with Gasteiger partial charge in [0, 0.05) is 4.90 Å². The molecule has 1 saturated carbocycles. The van der Waals surface area contributed by atoms with Gasteiger partial charge in [-0.2, -0.15) is 0 Å². The number of hydrogen-bond acceptors (Lipinski definition) is 3. The van der Waals surface area contributed by atoms with Gasteiger partial charge in [-0.15, -0.1) is 11.8 Å². The Morgan fingerprint density at radius 3 is 2.65 bits per heavy atom. The van der Waals surface area contributed by atoms with Crippen LogP contribution in [-0.4, -0.2) is 24.1 Å². The average molecular weight is 366 g/mol. The molecule has 0 aromatic heterocycles. The maximum absolute atomic E-state index is 12.7. The molecule has 2 aliphatic rings. The summed E-state index contributed by atoms with van der Waals surface area (Å²) in [6, 6.07) is 16.2. The van der Waals surface area contributed by atoms with Crippen LogP contribution in [0.15, 0.2) is 53.4 Å². The summed E-state index contributed by atoms with van der Waals surface area (Å²) in [5.41, 5.74) is 3.19. The maximum atomic E-state index is 12.7.